The number of halogens is 4. The topological polar surface area (TPSA) is 91.8 Å². The maximum absolute atomic E-state index is 13.8. The first kappa shape index (κ1) is 26.3. The summed E-state index contributed by atoms with van der Waals surface area (Å²) in [6.45, 7) is 2.15. The van der Waals surface area contributed by atoms with Crippen LogP contribution in [0.15, 0.2) is 41.4 Å². The monoisotopic (exact) mass is 510 g/mol. The van der Waals surface area contributed by atoms with Gasteiger partial charge in [0, 0.05) is 24.2 Å². The Morgan fingerprint density at radius 1 is 0.971 bits per heavy atom. The molecule has 3 N–H and O–H groups in total. The van der Waals surface area contributed by atoms with E-state index in [1.807, 2.05) is 0 Å². The summed E-state index contributed by atoms with van der Waals surface area (Å²) in [6, 6.07) is 6.98. The molecular weight excluding hydrogens is 485 g/mol. The third-order valence-corrected chi connectivity index (χ3v) is 5.80. The highest BCUT2D eigenvalue weighted by atomic mass is 35.5. The summed E-state index contributed by atoms with van der Waals surface area (Å²) in [6.07, 6.45) is 2.26. The lowest BCUT2D eigenvalue weighted by atomic mass is 9.91. The fraction of sp³-hybridized carbons (Fsp3) is 0.375. The molecule has 188 valence electrons. The number of guanidine groups is 1. The first-order chi connectivity index (χ1) is 16.7. The van der Waals surface area contributed by atoms with Crippen LogP contribution in [-0.4, -0.2) is 36.7 Å². The normalized spacial score (nSPS) is 18.0. The van der Waals surface area contributed by atoms with Gasteiger partial charge in [0.05, 0.1) is 11.6 Å². The molecule has 0 heterocycles. The number of amides is 2. The van der Waals surface area contributed by atoms with Gasteiger partial charge in [0.1, 0.15) is 5.82 Å². The number of carbonyl (C=O) groups is 2. The molecule has 0 aliphatic heterocycles. The Labute approximate surface area is 206 Å². The van der Waals surface area contributed by atoms with E-state index in [0.717, 1.165) is 18.2 Å². The van der Waals surface area contributed by atoms with E-state index in [2.05, 4.69) is 20.9 Å². The minimum absolute atomic E-state index is 0.0116. The van der Waals surface area contributed by atoms with Gasteiger partial charge in [-0.05, 0) is 68.5 Å². The van der Waals surface area contributed by atoms with Gasteiger partial charge in [-0.15, -0.1) is 0 Å². The zero-order valence-electron chi connectivity index (χ0n) is 19.0. The van der Waals surface area contributed by atoms with Gasteiger partial charge in [0.15, 0.2) is 17.6 Å². The second-order valence-corrected chi connectivity index (χ2v) is 8.46. The minimum atomic E-state index is -1.16. The molecule has 11 heteroatoms. The van der Waals surface area contributed by atoms with Gasteiger partial charge in [0.2, 0.25) is 0 Å². The van der Waals surface area contributed by atoms with Crippen LogP contribution in [0.4, 0.5) is 18.0 Å². The predicted molar refractivity (Wildman–Crippen MR) is 126 cm³/mol. The quantitative estimate of drug-likeness (QED) is 0.387. The Morgan fingerprint density at radius 2 is 1.66 bits per heavy atom. The summed E-state index contributed by atoms with van der Waals surface area (Å²) < 4.78 is 45.5. The Morgan fingerprint density at radius 3 is 2.29 bits per heavy atom. The maximum Gasteiger partial charge on any atom is 0.407 e. The highest BCUT2D eigenvalue weighted by Crippen LogP contribution is 2.19. The van der Waals surface area contributed by atoms with Gasteiger partial charge in [-0.2, -0.15) is 4.99 Å². The molecule has 0 radical (unpaired) electrons. The number of nitrogens with one attached hydrogen (secondary N) is 3. The number of nitrogens with zero attached hydrogens (tertiary/aromatic N) is 1. The summed E-state index contributed by atoms with van der Waals surface area (Å²) in [4.78, 5) is 28.3. The fourth-order valence-electron chi connectivity index (χ4n) is 3.67. The third-order valence-electron chi connectivity index (χ3n) is 5.49. The van der Waals surface area contributed by atoms with Crippen molar-refractivity contribution in [1.82, 2.24) is 16.0 Å². The van der Waals surface area contributed by atoms with Gasteiger partial charge in [-0.1, -0.05) is 17.7 Å². The van der Waals surface area contributed by atoms with Crippen LogP contribution in [0, 0.1) is 17.5 Å². The highest BCUT2D eigenvalue weighted by molar-refractivity contribution is 6.30. The molecular formula is C24H26ClF3N4O3. The first-order valence-electron chi connectivity index (χ1n) is 11.2. The van der Waals surface area contributed by atoms with Gasteiger partial charge in [-0.3, -0.25) is 4.79 Å². The summed E-state index contributed by atoms with van der Waals surface area (Å²) in [5, 5.41) is 8.93. The molecule has 7 nitrogen and oxygen atoms in total. The van der Waals surface area contributed by atoms with Gasteiger partial charge < -0.3 is 20.7 Å². The molecule has 0 bridgehead atoms. The van der Waals surface area contributed by atoms with E-state index in [9.17, 15) is 22.8 Å². The molecule has 35 heavy (non-hydrogen) atoms. The molecule has 1 fully saturated rings. The maximum atomic E-state index is 13.8. The SMILES string of the molecule is CCOC(=O)N[C@H]1CC[C@H](N/C(=N\C(=O)c2ccc(F)c(F)c2)NCc2ccc(Cl)c(F)c2)CC1. The molecule has 1 aliphatic carbocycles. The van der Waals surface area contributed by atoms with Crippen molar-refractivity contribution in [1.29, 1.82) is 0 Å². The number of benzene rings is 2. The number of hydrogen-bond donors (Lipinski definition) is 3. The van der Waals surface area contributed by atoms with Crippen molar-refractivity contribution in [2.75, 3.05) is 6.61 Å². The lowest BCUT2D eigenvalue weighted by molar-refractivity contribution is 0.100. The van der Waals surface area contributed by atoms with Crippen LogP contribution in [0.5, 0.6) is 0 Å². The lowest BCUT2D eigenvalue weighted by Gasteiger charge is -2.30. The molecule has 0 saturated heterocycles. The standard InChI is InChI=1S/C24H26ClF3N4O3/c1-2-35-24(34)31-17-7-5-16(6-8-17)30-23(29-13-14-3-9-18(25)20(27)11-14)32-22(33)15-4-10-19(26)21(28)12-15/h3-4,9-12,16-17H,2,5-8,13H2,1H3,(H,31,34)(H2,29,30,32,33)/t16-,17-. The predicted octanol–water partition coefficient (Wildman–Crippen LogP) is 4.69. The van der Waals surface area contributed by atoms with E-state index in [1.54, 1.807) is 13.0 Å². The van der Waals surface area contributed by atoms with Crippen LogP contribution >= 0.6 is 11.6 Å². The summed E-state index contributed by atoms with van der Waals surface area (Å²) in [5.41, 5.74) is 0.439. The van der Waals surface area contributed by atoms with Crippen LogP contribution < -0.4 is 16.0 Å². The Bertz CT molecular complexity index is 1090. The zero-order valence-corrected chi connectivity index (χ0v) is 19.8. The van der Waals surface area contributed by atoms with Gasteiger partial charge in [0.25, 0.3) is 5.91 Å². The largest absolute Gasteiger partial charge is 0.450 e. The summed E-state index contributed by atoms with van der Waals surface area (Å²) in [5.74, 6) is -3.48. The van der Waals surface area contributed by atoms with Crippen LogP contribution in [0.3, 0.4) is 0 Å². The molecule has 0 aromatic heterocycles. The van der Waals surface area contributed by atoms with Crippen molar-refractivity contribution in [2.45, 2.75) is 51.2 Å². The second-order valence-electron chi connectivity index (χ2n) is 8.05. The van der Waals surface area contributed by atoms with Gasteiger partial charge in [-0.25, -0.2) is 18.0 Å². The molecule has 0 spiro atoms. The van der Waals surface area contributed by atoms with Crippen molar-refractivity contribution < 1.29 is 27.5 Å². The molecule has 1 saturated carbocycles. The van der Waals surface area contributed by atoms with E-state index in [0.29, 0.717) is 31.2 Å². The molecule has 2 aromatic rings. The molecule has 0 atom stereocenters. The van der Waals surface area contributed by atoms with E-state index < -0.39 is 29.5 Å². The van der Waals surface area contributed by atoms with Crippen molar-refractivity contribution in [3.05, 3.63) is 70.0 Å². The van der Waals surface area contributed by atoms with Crippen molar-refractivity contribution in [3.8, 4) is 0 Å². The first-order valence-corrected chi connectivity index (χ1v) is 11.6. The summed E-state index contributed by atoms with van der Waals surface area (Å²) in [7, 11) is 0. The number of hydrogen-bond acceptors (Lipinski definition) is 3. The second kappa shape index (κ2) is 12.4. The Kier molecular flexibility index (Phi) is 9.36. The lowest BCUT2D eigenvalue weighted by Crippen LogP contribution is -2.47. The number of aliphatic imine (C=N–C) groups is 1. The minimum Gasteiger partial charge on any atom is -0.450 e. The third kappa shape index (κ3) is 7.88. The van der Waals surface area contributed by atoms with Crippen molar-refractivity contribution in [2.24, 2.45) is 4.99 Å². The molecule has 2 aromatic carbocycles. The molecule has 1 aliphatic rings. The molecule has 3 rings (SSSR count). The fourth-order valence-corrected chi connectivity index (χ4v) is 3.79. The van der Waals surface area contributed by atoms with Crippen molar-refractivity contribution in [3.63, 3.8) is 0 Å². The van der Waals surface area contributed by atoms with Crippen LogP contribution in [0.1, 0.15) is 48.5 Å². The van der Waals surface area contributed by atoms with E-state index >= 15 is 0 Å². The number of rotatable bonds is 6. The number of carbonyl (C=O) groups excluding carboxylic acids is 2. The Hall–Kier alpha value is -3.27. The molecule has 0 unspecified atom stereocenters. The van der Waals surface area contributed by atoms with Crippen LogP contribution in [-0.2, 0) is 11.3 Å². The average molecular weight is 511 g/mol. The number of alkyl carbamates (subject to hydrolysis) is 1. The average Bonchev–Trinajstić information content (AvgIpc) is 2.82. The Balaban J connectivity index is 1.69. The smallest absolute Gasteiger partial charge is 0.407 e. The van der Waals surface area contributed by atoms with Crippen molar-refractivity contribution >= 4 is 29.6 Å². The van der Waals surface area contributed by atoms with E-state index in [-0.39, 0.29) is 41.8 Å². The zero-order chi connectivity index (χ0) is 25.4. The van der Waals surface area contributed by atoms with Crippen LogP contribution in [0.2, 0.25) is 5.02 Å². The van der Waals surface area contributed by atoms with E-state index in [4.69, 9.17) is 16.3 Å². The molecule has 2 amide bonds. The van der Waals surface area contributed by atoms with Crippen LogP contribution in [0.25, 0.3) is 0 Å². The number of ether oxygens (including phenoxy) is 1. The summed E-state index contributed by atoms with van der Waals surface area (Å²) >= 11 is 5.73. The van der Waals surface area contributed by atoms with E-state index in [1.165, 1.54) is 12.1 Å². The van der Waals surface area contributed by atoms with Gasteiger partial charge >= 0.3 is 6.09 Å². The highest BCUT2D eigenvalue weighted by Gasteiger charge is 2.24.